The molecule has 0 radical (unpaired) electrons. The third kappa shape index (κ3) is 3.29. The Bertz CT molecular complexity index is 501. The number of nitrogens with zero attached hydrogens (tertiary/aromatic N) is 1. The molecule has 19 heavy (non-hydrogen) atoms. The summed E-state index contributed by atoms with van der Waals surface area (Å²) in [4.78, 5) is 25.2. The van der Waals surface area contributed by atoms with E-state index in [0.29, 0.717) is 6.42 Å². The molecule has 4 nitrogen and oxygen atoms in total. The number of aliphatic carboxylic acids is 1. The SMILES string of the molecule is CCCN1C(=O)CCc2cc(SCC(=O)O)ccc21. The van der Waals surface area contributed by atoms with Gasteiger partial charge in [-0.1, -0.05) is 6.92 Å². The zero-order valence-corrected chi connectivity index (χ0v) is 11.7. The van der Waals surface area contributed by atoms with Gasteiger partial charge in [0.1, 0.15) is 0 Å². The van der Waals surface area contributed by atoms with Crippen LogP contribution in [0.3, 0.4) is 0 Å². The van der Waals surface area contributed by atoms with Crippen molar-refractivity contribution in [1.82, 2.24) is 0 Å². The molecule has 0 fully saturated rings. The number of carboxylic acids is 1. The van der Waals surface area contributed by atoms with Crippen LogP contribution in [0.15, 0.2) is 23.1 Å². The van der Waals surface area contributed by atoms with E-state index >= 15 is 0 Å². The molecule has 0 bridgehead atoms. The number of fused-ring (bicyclic) bond motifs is 1. The van der Waals surface area contributed by atoms with Crippen molar-refractivity contribution in [3.05, 3.63) is 23.8 Å². The highest BCUT2D eigenvalue weighted by molar-refractivity contribution is 8.00. The molecule has 0 saturated heterocycles. The van der Waals surface area contributed by atoms with Gasteiger partial charge in [0.25, 0.3) is 0 Å². The summed E-state index contributed by atoms with van der Waals surface area (Å²) >= 11 is 1.31. The largest absolute Gasteiger partial charge is 0.481 e. The van der Waals surface area contributed by atoms with Crippen molar-refractivity contribution in [3.8, 4) is 0 Å². The van der Waals surface area contributed by atoms with Crippen LogP contribution in [0, 0.1) is 0 Å². The first kappa shape index (κ1) is 13.9. The third-order valence-electron chi connectivity index (χ3n) is 3.06. The Balaban J connectivity index is 2.20. The molecule has 1 N–H and O–H groups in total. The lowest BCUT2D eigenvalue weighted by atomic mass is 10.0. The number of hydrogen-bond acceptors (Lipinski definition) is 3. The maximum Gasteiger partial charge on any atom is 0.313 e. The summed E-state index contributed by atoms with van der Waals surface area (Å²) in [6, 6.07) is 5.85. The highest BCUT2D eigenvalue weighted by atomic mass is 32.2. The zero-order chi connectivity index (χ0) is 13.8. The second-order valence-electron chi connectivity index (χ2n) is 4.52. The van der Waals surface area contributed by atoms with Crippen LogP contribution in [0.1, 0.15) is 25.3 Å². The van der Waals surface area contributed by atoms with E-state index in [9.17, 15) is 9.59 Å². The van der Waals surface area contributed by atoms with Crippen LogP contribution < -0.4 is 4.90 Å². The van der Waals surface area contributed by atoms with Gasteiger partial charge in [-0.25, -0.2) is 0 Å². The van der Waals surface area contributed by atoms with Crippen LogP contribution in [-0.4, -0.2) is 29.3 Å². The predicted molar refractivity (Wildman–Crippen MR) is 75.8 cm³/mol. The Kier molecular flexibility index (Phi) is 4.47. The average Bonchev–Trinajstić information content (AvgIpc) is 2.39. The van der Waals surface area contributed by atoms with E-state index in [1.165, 1.54) is 11.8 Å². The molecule has 1 aliphatic heterocycles. The van der Waals surface area contributed by atoms with Gasteiger partial charge in [0.2, 0.25) is 5.91 Å². The van der Waals surface area contributed by atoms with Crippen molar-refractivity contribution in [2.75, 3.05) is 17.2 Å². The minimum atomic E-state index is -0.814. The number of anilines is 1. The summed E-state index contributed by atoms with van der Waals surface area (Å²) < 4.78 is 0. The van der Waals surface area contributed by atoms with Gasteiger partial charge in [0.15, 0.2) is 0 Å². The van der Waals surface area contributed by atoms with Gasteiger partial charge >= 0.3 is 5.97 Å². The Morgan fingerprint density at radius 3 is 2.89 bits per heavy atom. The highest BCUT2D eigenvalue weighted by Crippen LogP contribution is 2.31. The molecule has 0 atom stereocenters. The maximum absolute atomic E-state index is 11.9. The molecule has 0 aliphatic carbocycles. The number of benzene rings is 1. The first-order valence-electron chi connectivity index (χ1n) is 6.39. The van der Waals surface area contributed by atoms with E-state index in [4.69, 9.17) is 5.11 Å². The van der Waals surface area contributed by atoms with Gasteiger partial charge in [-0.3, -0.25) is 9.59 Å². The van der Waals surface area contributed by atoms with Gasteiger partial charge in [0, 0.05) is 23.5 Å². The highest BCUT2D eigenvalue weighted by Gasteiger charge is 2.23. The second-order valence-corrected chi connectivity index (χ2v) is 5.57. The Morgan fingerprint density at radius 2 is 2.21 bits per heavy atom. The molecule has 0 spiro atoms. The molecular formula is C14H17NO3S. The van der Waals surface area contributed by atoms with E-state index in [1.807, 2.05) is 23.1 Å². The van der Waals surface area contributed by atoms with Crippen LogP contribution >= 0.6 is 11.8 Å². The molecule has 102 valence electrons. The fourth-order valence-electron chi connectivity index (χ4n) is 2.24. The average molecular weight is 279 g/mol. The van der Waals surface area contributed by atoms with Gasteiger partial charge < -0.3 is 10.0 Å². The minimum Gasteiger partial charge on any atom is -0.481 e. The Labute approximate surface area is 116 Å². The number of amides is 1. The van der Waals surface area contributed by atoms with Gasteiger partial charge in [-0.15, -0.1) is 11.8 Å². The summed E-state index contributed by atoms with van der Waals surface area (Å²) in [7, 11) is 0. The van der Waals surface area contributed by atoms with Crippen molar-refractivity contribution in [1.29, 1.82) is 0 Å². The molecular weight excluding hydrogens is 262 g/mol. The molecule has 1 amide bonds. The molecule has 1 aromatic carbocycles. The normalized spacial score (nSPS) is 14.4. The lowest BCUT2D eigenvalue weighted by Gasteiger charge is -2.29. The van der Waals surface area contributed by atoms with Gasteiger partial charge in [0.05, 0.1) is 5.75 Å². The molecule has 0 saturated carbocycles. The third-order valence-corrected chi connectivity index (χ3v) is 4.04. The van der Waals surface area contributed by atoms with Crippen LogP contribution in [0.25, 0.3) is 0 Å². The number of carbonyl (C=O) groups is 2. The van der Waals surface area contributed by atoms with Crippen molar-refractivity contribution in [3.63, 3.8) is 0 Å². The summed E-state index contributed by atoms with van der Waals surface area (Å²) in [6.07, 6.45) is 2.22. The van der Waals surface area contributed by atoms with E-state index < -0.39 is 5.97 Å². The van der Waals surface area contributed by atoms with E-state index in [-0.39, 0.29) is 11.7 Å². The van der Waals surface area contributed by atoms with Gasteiger partial charge in [-0.05, 0) is 36.6 Å². The van der Waals surface area contributed by atoms with E-state index in [1.54, 1.807) is 0 Å². The molecule has 1 aliphatic rings. The summed E-state index contributed by atoms with van der Waals surface area (Å²) in [5, 5.41) is 8.69. The first-order valence-corrected chi connectivity index (χ1v) is 7.38. The van der Waals surface area contributed by atoms with Crippen LogP contribution in [0.2, 0.25) is 0 Å². The lowest BCUT2D eigenvalue weighted by molar-refractivity contribution is -0.133. The van der Waals surface area contributed by atoms with Crippen molar-refractivity contribution in [2.45, 2.75) is 31.1 Å². The van der Waals surface area contributed by atoms with Crippen molar-refractivity contribution in [2.24, 2.45) is 0 Å². The van der Waals surface area contributed by atoms with Crippen molar-refractivity contribution >= 4 is 29.3 Å². The molecule has 1 heterocycles. The van der Waals surface area contributed by atoms with Crippen LogP contribution in [0.5, 0.6) is 0 Å². The number of carboxylic acid groups (broad SMARTS) is 1. The molecule has 1 aromatic rings. The second kappa shape index (κ2) is 6.10. The van der Waals surface area contributed by atoms with E-state index in [0.717, 1.165) is 35.5 Å². The van der Waals surface area contributed by atoms with Crippen molar-refractivity contribution < 1.29 is 14.7 Å². The van der Waals surface area contributed by atoms with Crippen LogP contribution in [-0.2, 0) is 16.0 Å². The Morgan fingerprint density at radius 1 is 1.42 bits per heavy atom. The molecule has 5 heteroatoms. The minimum absolute atomic E-state index is 0.0659. The van der Waals surface area contributed by atoms with E-state index in [2.05, 4.69) is 6.92 Å². The smallest absolute Gasteiger partial charge is 0.313 e. The van der Waals surface area contributed by atoms with Crippen LogP contribution in [0.4, 0.5) is 5.69 Å². The zero-order valence-electron chi connectivity index (χ0n) is 10.9. The molecule has 0 unspecified atom stereocenters. The molecule has 2 rings (SSSR count). The number of rotatable bonds is 5. The molecule has 0 aromatic heterocycles. The fourth-order valence-corrected chi connectivity index (χ4v) is 2.92. The number of carbonyl (C=O) groups excluding carboxylic acids is 1. The Hall–Kier alpha value is -1.49. The number of hydrogen-bond donors (Lipinski definition) is 1. The monoisotopic (exact) mass is 279 g/mol. The summed E-state index contributed by atoms with van der Waals surface area (Å²) in [5.74, 6) is -0.568. The van der Waals surface area contributed by atoms with Gasteiger partial charge in [-0.2, -0.15) is 0 Å². The standard InChI is InChI=1S/C14H17NO3S/c1-2-7-15-12-5-4-11(19-9-14(17)18)8-10(12)3-6-13(15)16/h4-5,8H,2-3,6-7,9H2,1H3,(H,17,18). The number of aryl methyl sites for hydroxylation is 1. The summed E-state index contributed by atoms with van der Waals surface area (Å²) in [5.41, 5.74) is 2.13. The maximum atomic E-state index is 11.9. The first-order chi connectivity index (χ1) is 9.11. The predicted octanol–water partition coefficient (Wildman–Crippen LogP) is 2.55. The number of thioether (sulfide) groups is 1. The lowest BCUT2D eigenvalue weighted by Crippen LogP contribution is -2.35. The quantitative estimate of drug-likeness (QED) is 0.842. The summed E-state index contributed by atoms with van der Waals surface area (Å²) in [6.45, 7) is 2.80. The fraction of sp³-hybridized carbons (Fsp3) is 0.429. The topological polar surface area (TPSA) is 57.6 Å².